The molecule has 0 radical (unpaired) electrons. The molecular formula is C17H35N3O3S. The van der Waals surface area contributed by atoms with Crippen LogP contribution in [0.15, 0.2) is 0 Å². The van der Waals surface area contributed by atoms with Crippen LogP contribution in [0.25, 0.3) is 0 Å². The fourth-order valence-electron chi connectivity index (χ4n) is 3.26. The largest absolute Gasteiger partial charge is 0.379 e. The Morgan fingerprint density at radius 3 is 2.38 bits per heavy atom. The number of sulfonamides is 1. The highest BCUT2D eigenvalue weighted by Gasteiger charge is 2.32. The highest BCUT2D eigenvalue weighted by atomic mass is 32.2. The highest BCUT2D eigenvalue weighted by molar-refractivity contribution is 7.89. The third-order valence-corrected chi connectivity index (χ3v) is 6.84. The van der Waals surface area contributed by atoms with Crippen LogP contribution in [0.4, 0.5) is 0 Å². The van der Waals surface area contributed by atoms with Crippen molar-refractivity contribution >= 4 is 10.0 Å². The average molecular weight is 362 g/mol. The molecule has 0 aromatic heterocycles. The van der Waals surface area contributed by atoms with Gasteiger partial charge in [0.2, 0.25) is 10.0 Å². The number of hydrogen-bond donors (Lipinski definition) is 1. The molecule has 0 bridgehead atoms. The van der Waals surface area contributed by atoms with Crippen LogP contribution in [0.1, 0.15) is 40.0 Å². The lowest BCUT2D eigenvalue weighted by Gasteiger charge is -2.36. The van der Waals surface area contributed by atoms with E-state index in [9.17, 15) is 8.42 Å². The first kappa shape index (κ1) is 20.1. The number of hydrogen-bond acceptors (Lipinski definition) is 5. The first-order chi connectivity index (χ1) is 11.3. The smallest absolute Gasteiger partial charge is 0.214 e. The molecule has 0 unspecified atom stereocenters. The molecule has 2 aliphatic heterocycles. The van der Waals surface area contributed by atoms with Gasteiger partial charge in [-0.2, -0.15) is 4.31 Å². The summed E-state index contributed by atoms with van der Waals surface area (Å²) in [5.74, 6) is 0.254. The van der Waals surface area contributed by atoms with E-state index in [2.05, 4.69) is 31.0 Å². The molecular weight excluding hydrogens is 326 g/mol. The van der Waals surface area contributed by atoms with E-state index in [0.29, 0.717) is 13.0 Å². The van der Waals surface area contributed by atoms with E-state index in [1.807, 2.05) is 4.31 Å². The summed E-state index contributed by atoms with van der Waals surface area (Å²) in [4.78, 5) is 2.32. The van der Waals surface area contributed by atoms with Crippen molar-refractivity contribution in [1.29, 1.82) is 0 Å². The predicted octanol–water partition coefficient (Wildman–Crippen LogP) is 1.14. The van der Waals surface area contributed by atoms with E-state index >= 15 is 0 Å². The molecule has 2 aliphatic rings. The van der Waals surface area contributed by atoms with Crippen LogP contribution in [-0.4, -0.2) is 81.9 Å². The lowest BCUT2D eigenvalue weighted by molar-refractivity contribution is 0.0349. The molecule has 0 saturated carbocycles. The molecule has 0 spiro atoms. The van der Waals surface area contributed by atoms with Crippen molar-refractivity contribution in [3.05, 3.63) is 0 Å². The van der Waals surface area contributed by atoms with Crippen molar-refractivity contribution in [2.45, 2.75) is 46.1 Å². The standard InChI is InChI=1S/C17H35N3O3S/c1-17(2,3)6-15-24(21,22)20(16-4-7-18-8-5-16)10-9-19-11-13-23-14-12-19/h16,18H,4-15H2,1-3H3. The van der Waals surface area contributed by atoms with E-state index in [1.165, 1.54) is 0 Å². The topological polar surface area (TPSA) is 61.9 Å². The molecule has 2 rings (SSSR count). The minimum atomic E-state index is -3.21. The predicted molar refractivity (Wildman–Crippen MR) is 97.7 cm³/mol. The molecule has 0 aromatic carbocycles. The molecule has 2 fully saturated rings. The monoisotopic (exact) mass is 361 g/mol. The van der Waals surface area contributed by atoms with Crippen molar-refractivity contribution in [3.8, 4) is 0 Å². The normalized spacial score (nSPS) is 22.2. The van der Waals surface area contributed by atoms with Crippen LogP contribution in [0.3, 0.4) is 0 Å². The third-order valence-electron chi connectivity index (χ3n) is 4.92. The zero-order chi connectivity index (χ0) is 17.6. The highest BCUT2D eigenvalue weighted by Crippen LogP contribution is 2.23. The molecule has 7 heteroatoms. The van der Waals surface area contributed by atoms with Crippen molar-refractivity contribution in [2.24, 2.45) is 5.41 Å². The van der Waals surface area contributed by atoms with E-state index in [1.54, 1.807) is 0 Å². The second-order valence-corrected chi connectivity index (χ2v) is 10.2. The van der Waals surface area contributed by atoms with Gasteiger partial charge in [0.15, 0.2) is 0 Å². The SMILES string of the molecule is CC(C)(C)CCS(=O)(=O)N(CCN1CCOCC1)C1CCNCC1. The van der Waals surface area contributed by atoms with E-state index in [0.717, 1.165) is 58.8 Å². The number of rotatable bonds is 7. The summed E-state index contributed by atoms with van der Waals surface area (Å²) in [5, 5.41) is 3.33. The molecule has 1 N–H and O–H groups in total. The second kappa shape index (κ2) is 8.94. The number of morpholine rings is 1. The number of piperidine rings is 1. The Morgan fingerprint density at radius 1 is 1.17 bits per heavy atom. The Bertz CT molecular complexity index is 464. The van der Waals surface area contributed by atoms with Crippen LogP contribution in [-0.2, 0) is 14.8 Å². The maximum absolute atomic E-state index is 13.0. The summed E-state index contributed by atoms with van der Waals surface area (Å²) in [7, 11) is -3.21. The van der Waals surface area contributed by atoms with Gasteiger partial charge in [-0.25, -0.2) is 8.42 Å². The first-order valence-electron chi connectivity index (χ1n) is 9.28. The van der Waals surface area contributed by atoms with Crippen molar-refractivity contribution in [1.82, 2.24) is 14.5 Å². The van der Waals surface area contributed by atoms with Gasteiger partial charge < -0.3 is 10.1 Å². The fourth-order valence-corrected chi connectivity index (χ4v) is 5.39. The van der Waals surface area contributed by atoms with Gasteiger partial charge in [0.25, 0.3) is 0 Å². The van der Waals surface area contributed by atoms with Gasteiger partial charge >= 0.3 is 0 Å². The summed E-state index contributed by atoms with van der Waals surface area (Å²) in [5.41, 5.74) is 0.0388. The number of ether oxygens (including phenoxy) is 1. The Balaban J connectivity index is 2.00. The first-order valence-corrected chi connectivity index (χ1v) is 10.9. The van der Waals surface area contributed by atoms with E-state index < -0.39 is 10.0 Å². The second-order valence-electron chi connectivity index (χ2n) is 8.17. The summed E-state index contributed by atoms with van der Waals surface area (Å²) in [6.45, 7) is 12.9. The average Bonchev–Trinajstić information content (AvgIpc) is 2.54. The van der Waals surface area contributed by atoms with Gasteiger partial charge in [-0.3, -0.25) is 4.90 Å². The van der Waals surface area contributed by atoms with Crippen LogP contribution < -0.4 is 5.32 Å². The lowest BCUT2D eigenvalue weighted by Crippen LogP contribution is -2.50. The zero-order valence-electron chi connectivity index (χ0n) is 15.6. The van der Waals surface area contributed by atoms with E-state index in [4.69, 9.17) is 4.74 Å². The maximum Gasteiger partial charge on any atom is 0.214 e. The van der Waals surface area contributed by atoms with Gasteiger partial charge in [0, 0.05) is 32.2 Å². The van der Waals surface area contributed by atoms with Crippen LogP contribution in [0.2, 0.25) is 0 Å². The molecule has 0 atom stereocenters. The molecule has 24 heavy (non-hydrogen) atoms. The fraction of sp³-hybridized carbons (Fsp3) is 1.00. The van der Waals surface area contributed by atoms with Crippen LogP contribution in [0.5, 0.6) is 0 Å². The molecule has 0 aromatic rings. The molecule has 142 valence electrons. The molecule has 0 aliphatic carbocycles. The summed E-state index contributed by atoms with van der Waals surface area (Å²) < 4.78 is 33.2. The van der Waals surface area contributed by atoms with Gasteiger partial charge in [0.05, 0.1) is 19.0 Å². The van der Waals surface area contributed by atoms with Crippen molar-refractivity contribution in [3.63, 3.8) is 0 Å². The minimum absolute atomic E-state index is 0.0388. The maximum atomic E-state index is 13.0. The summed E-state index contributed by atoms with van der Waals surface area (Å²) in [6, 6.07) is 0.150. The molecule has 6 nitrogen and oxygen atoms in total. The lowest BCUT2D eigenvalue weighted by atomic mass is 9.94. The third kappa shape index (κ3) is 6.59. The molecule has 0 amide bonds. The Morgan fingerprint density at radius 2 is 1.79 bits per heavy atom. The van der Waals surface area contributed by atoms with Crippen molar-refractivity contribution in [2.75, 3.05) is 58.2 Å². The van der Waals surface area contributed by atoms with E-state index in [-0.39, 0.29) is 17.2 Å². The Kier molecular flexibility index (Phi) is 7.49. The number of nitrogens with zero attached hydrogens (tertiary/aromatic N) is 2. The Hall–Kier alpha value is -0.210. The summed E-state index contributed by atoms with van der Waals surface area (Å²) >= 11 is 0. The zero-order valence-corrected chi connectivity index (χ0v) is 16.4. The van der Waals surface area contributed by atoms with Crippen molar-refractivity contribution < 1.29 is 13.2 Å². The Labute approximate surface area is 148 Å². The van der Waals surface area contributed by atoms with Crippen LogP contribution >= 0.6 is 0 Å². The quantitative estimate of drug-likeness (QED) is 0.737. The number of nitrogens with one attached hydrogen (secondary N) is 1. The van der Waals surface area contributed by atoms with Gasteiger partial charge in [-0.15, -0.1) is 0 Å². The van der Waals surface area contributed by atoms with Gasteiger partial charge in [-0.05, 0) is 37.8 Å². The van der Waals surface area contributed by atoms with Gasteiger partial charge in [0.1, 0.15) is 0 Å². The minimum Gasteiger partial charge on any atom is -0.379 e. The van der Waals surface area contributed by atoms with Crippen LogP contribution in [0, 0.1) is 5.41 Å². The molecule has 2 heterocycles. The summed E-state index contributed by atoms with van der Waals surface area (Å²) in [6.07, 6.45) is 2.53. The van der Waals surface area contributed by atoms with Gasteiger partial charge in [-0.1, -0.05) is 20.8 Å². The molecule has 2 saturated heterocycles.